The lowest BCUT2D eigenvalue weighted by Gasteiger charge is -2.26. The van der Waals surface area contributed by atoms with Gasteiger partial charge in [-0.1, -0.05) is 6.07 Å². The largest absolute Gasteiger partial charge is 0.490 e. The number of benzene rings is 1. The summed E-state index contributed by atoms with van der Waals surface area (Å²) in [5.41, 5.74) is 1.62. The average molecular weight is 358 g/mol. The van der Waals surface area contributed by atoms with E-state index < -0.39 is 0 Å². The Kier molecular flexibility index (Phi) is 6.17. The number of hydrogen-bond donors (Lipinski definition) is 0. The molecule has 0 saturated carbocycles. The standard InChI is InChI=1S/C19H22N2O3S/c1-2-23-18-12-16(19(22)21-8-10-25-11-9-21)5-6-17(18)24-14-15-4-3-7-20-13-15/h3-7,12-13H,2,8-11,14H2,1H3. The van der Waals surface area contributed by atoms with Gasteiger partial charge in [-0.25, -0.2) is 0 Å². The van der Waals surface area contributed by atoms with E-state index in [9.17, 15) is 4.79 Å². The number of amides is 1. The van der Waals surface area contributed by atoms with Gasteiger partial charge in [0, 0.05) is 48.1 Å². The van der Waals surface area contributed by atoms with Crippen molar-refractivity contribution in [3.63, 3.8) is 0 Å². The zero-order valence-corrected chi connectivity index (χ0v) is 15.1. The highest BCUT2D eigenvalue weighted by Crippen LogP contribution is 2.30. The van der Waals surface area contributed by atoms with Crippen molar-refractivity contribution in [1.29, 1.82) is 0 Å². The van der Waals surface area contributed by atoms with E-state index in [1.54, 1.807) is 18.5 Å². The lowest BCUT2D eigenvalue weighted by atomic mass is 10.1. The van der Waals surface area contributed by atoms with E-state index in [0.717, 1.165) is 30.2 Å². The molecular weight excluding hydrogens is 336 g/mol. The second-order valence-electron chi connectivity index (χ2n) is 5.65. The SMILES string of the molecule is CCOc1cc(C(=O)N2CCSCC2)ccc1OCc1cccnc1. The monoisotopic (exact) mass is 358 g/mol. The minimum absolute atomic E-state index is 0.0556. The normalized spacial score (nSPS) is 14.2. The van der Waals surface area contributed by atoms with Gasteiger partial charge in [0.25, 0.3) is 5.91 Å². The van der Waals surface area contributed by atoms with Crippen LogP contribution in [-0.2, 0) is 6.61 Å². The zero-order valence-electron chi connectivity index (χ0n) is 14.3. The molecule has 2 aromatic rings. The number of thioether (sulfide) groups is 1. The Labute approximate surface area is 152 Å². The molecule has 1 amide bonds. The molecule has 6 heteroatoms. The first-order valence-electron chi connectivity index (χ1n) is 8.43. The smallest absolute Gasteiger partial charge is 0.254 e. The molecule has 132 valence electrons. The molecule has 0 spiro atoms. The Morgan fingerprint density at radius 3 is 2.76 bits per heavy atom. The summed E-state index contributed by atoms with van der Waals surface area (Å²) in [5.74, 6) is 3.28. The Morgan fingerprint density at radius 2 is 2.04 bits per heavy atom. The summed E-state index contributed by atoms with van der Waals surface area (Å²) in [6.07, 6.45) is 3.50. The van der Waals surface area contributed by atoms with E-state index in [1.807, 2.05) is 47.9 Å². The number of rotatable bonds is 6. The number of pyridine rings is 1. The van der Waals surface area contributed by atoms with Crippen LogP contribution in [0.5, 0.6) is 11.5 Å². The van der Waals surface area contributed by atoms with Crippen LogP contribution in [0.1, 0.15) is 22.8 Å². The van der Waals surface area contributed by atoms with Crippen LogP contribution in [-0.4, -0.2) is 47.0 Å². The minimum Gasteiger partial charge on any atom is -0.490 e. The summed E-state index contributed by atoms with van der Waals surface area (Å²) in [6, 6.07) is 9.24. The molecule has 1 aliphatic heterocycles. The van der Waals surface area contributed by atoms with E-state index in [0.29, 0.717) is 30.3 Å². The molecule has 0 N–H and O–H groups in total. The highest BCUT2D eigenvalue weighted by Gasteiger charge is 2.20. The van der Waals surface area contributed by atoms with Gasteiger partial charge in [0.2, 0.25) is 0 Å². The molecule has 1 aromatic heterocycles. The summed E-state index contributed by atoms with van der Waals surface area (Å²) in [6.45, 7) is 4.44. The molecule has 5 nitrogen and oxygen atoms in total. The number of aromatic nitrogens is 1. The van der Waals surface area contributed by atoms with Crippen LogP contribution in [0.15, 0.2) is 42.7 Å². The highest BCUT2D eigenvalue weighted by atomic mass is 32.2. The molecule has 0 aliphatic carbocycles. The molecule has 1 saturated heterocycles. The first kappa shape index (κ1) is 17.6. The van der Waals surface area contributed by atoms with Crippen LogP contribution in [0.2, 0.25) is 0 Å². The van der Waals surface area contributed by atoms with Gasteiger partial charge < -0.3 is 14.4 Å². The molecule has 2 heterocycles. The van der Waals surface area contributed by atoms with E-state index in [2.05, 4.69) is 4.98 Å². The second kappa shape index (κ2) is 8.76. The van der Waals surface area contributed by atoms with Crippen molar-refractivity contribution in [2.75, 3.05) is 31.2 Å². The summed E-state index contributed by atoms with van der Waals surface area (Å²) >= 11 is 1.89. The van der Waals surface area contributed by atoms with Crippen LogP contribution in [0.25, 0.3) is 0 Å². The maximum absolute atomic E-state index is 12.7. The van der Waals surface area contributed by atoms with Crippen molar-refractivity contribution < 1.29 is 14.3 Å². The Bertz CT molecular complexity index is 703. The Balaban J connectivity index is 1.74. The molecule has 0 unspecified atom stereocenters. The van der Waals surface area contributed by atoms with Crippen molar-refractivity contribution in [2.45, 2.75) is 13.5 Å². The van der Waals surface area contributed by atoms with Gasteiger partial charge in [-0.2, -0.15) is 11.8 Å². The summed E-state index contributed by atoms with van der Waals surface area (Å²) in [7, 11) is 0. The summed E-state index contributed by atoms with van der Waals surface area (Å²) in [4.78, 5) is 18.6. The van der Waals surface area contributed by atoms with Crippen LogP contribution in [0, 0.1) is 0 Å². The van der Waals surface area contributed by atoms with Crippen molar-refractivity contribution in [3.8, 4) is 11.5 Å². The molecule has 0 atom stereocenters. The third-order valence-electron chi connectivity index (χ3n) is 3.91. The van der Waals surface area contributed by atoms with Gasteiger partial charge in [0.05, 0.1) is 6.61 Å². The van der Waals surface area contributed by atoms with Crippen LogP contribution < -0.4 is 9.47 Å². The van der Waals surface area contributed by atoms with Crippen molar-refractivity contribution in [1.82, 2.24) is 9.88 Å². The van der Waals surface area contributed by atoms with E-state index >= 15 is 0 Å². The van der Waals surface area contributed by atoms with Gasteiger partial charge in [0.1, 0.15) is 6.61 Å². The Morgan fingerprint density at radius 1 is 1.20 bits per heavy atom. The van der Waals surface area contributed by atoms with Gasteiger partial charge >= 0.3 is 0 Å². The highest BCUT2D eigenvalue weighted by molar-refractivity contribution is 7.99. The number of nitrogens with zero attached hydrogens (tertiary/aromatic N) is 2. The topological polar surface area (TPSA) is 51.7 Å². The maximum Gasteiger partial charge on any atom is 0.254 e. The fourth-order valence-corrected chi connectivity index (χ4v) is 3.53. The van der Waals surface area contributed by atoms with Gasteiger partial charge in [0.15, 0.2) is 11.5 Å². The third-order valence-corrected chi connectivity index (χ3v) is 4.85. The zero-order chi connectivity index (χ0) is 17.5. The van der Waals surface area contributed by atoms with Gasteiger partial charge in [-0.15, -0.1) is 0 Å². The molecule has 1 fully saturated rings. The van der Waals surface area contributed by atoms with Crippen LogP contribution >= 0.6 is 11.8 Å². The first-order chi connectivity index (χ1) is 12.3. The molecule has 25 heavy (non-hydrogen) atoms. The van der Waals surface area contributed by atoms with Crippen LogP contribution in [0.4, 0.5) is 0 Å². The molecule has 0 radical (unpaired) electrons. The summed E-state index contributed by atoms with van der Waals surface area (Å²) < 4.78 is 11.6. The number of ether oxygens (including phenoxy) is 2. The van der Waals surface area contributed by atoms with Crippen molar-refractivity contribution >= 4 is 17.7 Å². The molecule has 3 rings (SSSR count). The van der Waals surface area contributed by atoms with E-state index in [-0.39, 0.29) is 5.91 Å². The van der Waals surface area contributed by atoms with Gasteiger partial charge in [-0.3, -0.25) is 9.78 Å². The predicted octanol–water partition coefficient (Wildman–Crippen LogP) is 3.25. The lowest BCUT2D eigenvalue weighted by molar-refractivity contribution is 0.0771. The first-order valence-corrected chi connectivity index (χ1v) is 9.59. The second-order valence-corrected chi connectivity index (χ2v) is 6.87. The fourth-order valence-electron chi connectivity index (χ4n) is 2.62. The molecular formula is C19H22N2O3S. The van der Waals surface area contributed by atoms with Crippen molar-refractivity contribution in [2.24, 2.45) is 0 Å². The average Bonchev–Trinajstić information content (AvgIpc) is 2.68. The summed E-state index contributed by atoms with van der Waals surface area (Å²) in [5, 5.41) is 0. The molecule has 1 aromatic carbocycles. The van der Waals surface area contributed by atoms with Crippen LogP contribution in [0.3, 0.4) is 0 Å². The van der Waals surface area contributed by atoms with E-state index in [4.69, 9.17) is 9.47 Å². The third kappa shape index (κ3) is 4.66. The molecule has 1 aliphatic rings. The fraction of sp³-hybridized carbons (Fsp3) is 0.368. The maximum atomic E-state index is 12.7. The number of carbonyl (C=O) groups is 1. The molecule has 0 bridgehead atoms. The predicted molar refractivity (Wildman–Crippen MR) is 99.4 cm³/mol. The number of hydrogen-bond acceptors (Lipinski definition) is 5. The quantitative estimate of drug-likeness (QED) is 0.793. The van der Waals surface area contributed by atoms with Gasteiger partial charge in [-0.05, 0) is 31.2 Å². The number of carbonyl (C=O) groups excluding carboxylic acids is 1. The van der Waals surface area contributed by atoms with E-state index in [1.165, 1.54) is 0 Å². The van der Waals surface area contributed by atoms with Crippen molar-refractivity contribution in [3.05, 3.63) is 53.9 Å². The lowest BCUT2D eigenvalue weighted by Crippen LogP contribution is -2.37. The minimum atomic E-state index is 0.0556. The Hall–Kier alpha value is -2.21.